The summed E-state index contributed by atoms with van der Waals surface area (Å²) in [5.41, 5.74) is 6.46. The molecule has 2 fully saturated rings. The average Bonchev–Trinajstić information content (AvgIpc) is 2.68. The second-order valence-electron chi connectivity index (χ2n) is 6.37. The summed E-state index contributed by atoms with van der Waals surface area (Å²) in [5.74, 6) is 0.760. The molecular weight excluding hydrogens is 210 g/mol. The molecule has 2 aliphatic rings. The van der Waals surface area contributed by atoms with Gasteiger partial charge < -0.3 is 5.73 Å². The largest absolute Gasteiger partial charge is 0.329 e. The fraction of sp³-hybridized carbons (Fsp3) is 1.00. The number of hydrogen-bond acceptors (Lipinski definition) is 3. The van der Waals surface area contributed by atoms with E-state index >= 15 is 0 Å². The van der Waals surface area contributed by atoms with Crippen molar-refractivity contribution in [3.8, 4) is 0 Å². The summed E-state index contributed by atoms with van der Waals surface area (Å²) in [7, 11) is 2.25. The van der Waals surface area contributed by atoms with Crippen molar-refractivity contribution in [2.45, 2.75) is 57.7 Å². The summed E-state index contributed by atoms with van der Waals surface area (Å²) in [6, 6.07) is 1.30. The van der Waals surface area contributed by atoms with Gasteiger partial charge in [-0.3, -0.25) is 9.80 Å². The molecule has 3 heteroatoms. The van der Waals surface area contributed by atoms with E-state index in [1.54, 1.807) is 0 Å². The Labute approximate surface area is 106 Å². The topological polar surface area (TPSA) is 32.5 Å². The van der Waals surface area contributed by atoms with Crippen LogP contribution in [0.1, 0.15) is 40.0 Å². The van der Waals surface area contributed by atoms with Gasteiger partial charge in [0, 0.05) is 37.3 Å². The monoisotopic (exact) mass is 239 g/mol. The molecule has 2 rings (SSSR count). The molecule has 1 heterocycles. The molecule has 3 nitrogen and oxygen atoms in total. The van der Waals surface area contributed by atoms with Gasteiger partial charge in [0.2, 0.25) is 0 Å². The van der Waals surface area contributed by atoms with Crippen LogP contribution in [-0.2, 0) is 0 Å². The van der Waals surface area contributed by atoms with Crippen molar-refractivity contribution in [2.24, 2.45) is 11.7 Å². The Kier molecular flexibility index (Phi) is 3.81. The van der Waals surface area contributed by atoms with E-state index in [1.807, 2.05) is 0 Å². The molecule has 0 spiro atoms. The first-order valence-electron chi connectivity index (χ1n) is 7.18. The third-order valence-electron chi connectivity index (χ3n) is 5.51. The first kappa shape index (κ1) is 13.3. The Balaban J connectivity index is 2.16. The van der Waals surface area contributed by atoms with Gasteiger partial charge in [0.1, 0.15) is 0 Å². The van der Waals surface area contributed by atoms with Gasteiger partial charge in [-0.15, -0.1) is 0 Å². The van der Waals surface area contributed by atoms with E-state index in [4.69, 9.17) is 5.73 Å². The first-order valence-corrected chi connectivity index (χ1v) is 7.18. The summed E-state index contributed by atoms with van der Waals surface area (Å²) in [6.07, 6.45) is 4.01. The normalized spacial score (nSPS) is 45.4. The number of rotatable bonds is 2. The zero-order valence-electron chi connectivity index (χ0n) is 11.9. The zero-order valence-corrected chi connectivity index (χ0v) is 11.9. The summed E-state index contributed by atoms with van der Waals surface area (Å²) >= 11 is 0. The van der Waals surface area contributed by atoms with Crippen molar-refractivity contribution >= 4 is 0 Å². The molecular formula is C14H29N3. The number of nitrogens with zero attached hydrogens (tertiary/aromatic N) is 2. The summed E-state index contributed by atoms with van der Waals surface area (Å²) in [6.45, 7) is 10.3. The maximum Gasteiger partial charge on any atom is 0.0358 e. The van der Waals surface area contributed by atoms with E-state index in [0.717, 1.165) is 12.5 Å². The van der Waals surface area contributed by atoms with Gasteiger partial charge in [-0.25, -0.2) is 0 Å². The van der Waals surface area contributed by atoms with Gasteiger partial charge in [-0.05, 0) is 39.7 Å². The second kappa shape index (κ2) is 4.87. The Morgan fingerprint density at radius 3 is 2.18 bits per heavy atom. The highest BCUT2D eigenvalue weighted by Gasteiger charge is 2.46. The van der Waals surface area contributed by atoms with Crippen molar-refractivity contribution in [2.75, 3.05) is 26.7 Å². The second-order valence-corrected chi connectivity index (χ2v) is 6.37. The van der Waals surface area contributed by atoms with Crippen LogP contribution in [0.4, 0.5) is 0 Å². The van der Waals surface area contributed by atoms with Gasteiger partial charge in [0.05, 0.1) is 0 Å². The van der Waals surface area contributed by atoms with Crippen molar-refractivity contribution in [1.82, 2.24) is 9.80 Å². The molecule has 2 N–H and O–H groups in total. The van der Waals surface area contributed by atoms with Crippen molar-refractivity contribution in [3.05, 3.63) is 0 Å². The van der Waals surface area contributed by atoms with E-state index in [0.29, 0.717) is 17.6 Å². The minimum Gasteiger partial charge on any atom is -0.329 e. The molecule has 0 aromatic rings. The predicted octanol–water partition coefficient (Wildman–Crippen LogP) is 1.53. The molecule has 1 saturated carbocycles. The van der Waals surface area contributed by atoms with E-state index in [1.165, 1.54) is 32.4 Å². The quantitative estimate of drug-likeness (QED) is 0.793. The molecule has 4 unspecified atom stereocenters. The highest BCUT2D eigenvalue weighted by Crippen LogP contribution is 2.40. The van der Waals surface area contributed by atoms with Crippen LogP contribution in [-0.4, -0.2) is 54.1 Å². The van der Waals surface area contributed by atoms with E-state index in [9.17, 15) is 0 Å². The van der Waals surface area contributed by atoms with Gasteiger partial charge >= 0.3 is 0 Å². The van der Waals surface area contributed by atoms with Gasteiger partial charge in [0.25, 0.3) is 0 Å². The van der Waals surface area contributed by atoms with E-state index in [-0.39, 0.29) is 0 Å². The van der Waals surface area contributed by atoms with Crippen LogP contribution in [0.3, 0.4) is 0 Å². The molecule has 4 atom stereocenters. The number of piperazine rings is 1. The summed E-state index contributed by atoms with van der Waals surface area (Å²) in [4.78, 5) is 5.21. The molecule has 0 bridgehead atoms. The maximum absolute atomic E-state index is 6.16. The highest BCUT2D eigenvalue weighted by molar-refractivity contribution is 5.03. The van der Waals surface area contributed by atoms with E-state index < -0.39 is 0 Å². The number of likely N-dealkylation sites (N-methyl/N-ethyl adjacent to an activating group) is 1. The molecule has 17 heavy (non-hydrogen) atoms. The van der Waals surface area contributed by atoms with Gasteiger partial charge in [-0.1, -0.05) is 13.3 Å². The summed E-state index contributed by atoms with van der Waals surface area (Å²) < 4.78 is 0. The zero-order chi connectivity index (χ0) is 12.6. The molecule has 0 amide bonds. The third-order valence-corrected chi connectivity index (χ3v) is 5.51. The van der Waals surface area contributed by atoms with Gasteiger partial charge in [0.15, 0.2) is 0 Å². The Bertz CT molecular complexity index is 256. The molecule has 1 aliphatic carbocycles. The number of nitrogens with two attached hydrogens (primary N) is 1. The fourth-order valence-electron chi connectivity index (χ4n) is 3.90. The molecule has 1 aliphatic heterocycles. The molecule has 1 saturated heterocycles. The smallest absolute Gasteiger partial charge is 0.0358 e. The average molecular weight is 239 g/mol. The van der Waals surface area contributed by atoms with Crippen LogP contribution in [0.2, 0.25) is 0 Å². The van der Waals surface area contributed by atoms with Crippen LogP contribution in [0.5, 0.6) is 0 Å². The summed E-state index contributed by atoms with van der Waals surface area (Å²) in [5, 5.41) is 0. The Morgan fingerprint density at radius 2 is 1.76 bits per heavy atom. The lowest BCUT2D eigenvalue weighted by atomic mass is 9.84. The SMILES string of the molecule is CC1CN(C2(CN)CCCC2C)CC(C)N1C. The van der Waals surface area contributed by atoms with Gasteiger partial charge in [-0.2, -0.15) is 0 Å². The Morgan fingerprint density at radius 1 is 1.18 bits per heavy atom. The van der Waals surface area contributed by atoms with Crippen molar-refractivity contribution in [3.63, 3.8) is 0 Å². The van der Waals surface area contributed by atoms with Crippen molar-refractivity contribution < 1.29 is 0 Å². The first-order chi connectivity index (χ1) is 8.01. The van der Waals surface area contributed by atoms with Crippen molar-refractivity contribution in [1.29, 1.82) is 0 Å². The standard InChI is InChI=1S/C14H29N3/c1-11-6-5-7-14(11,10-15)17-8-12(2)16(4)13(3)9-17/h11-13H,5-10,15H2,1-4H3. The van der Waals surface area contributed by atoms with Crippen LogP contribution in [0, 0.1) is 5.92 Å². The molecule has 0 radical (unpaired) electrons. The lowest BCUT2D eigenvalue weighted by Crippen LogP contribution is -2.65. The van der Waals surface area contributed by atoms with Crippen LogP contribution in [0.25, 0.3) is 0 Å². The van der Waals surface area contributed by atoms with E-state index in [2.05, 4.69) is 37.6 Å². The van der Waals surface area contributed by atoms with Crippen LogP contribution >= 0.6 is 0 Å². The Hall–Kier alpha value is -0.120. The lowest BCUT2D eigenvalue weighted by molar-refractivity contribution is -0.0239. The van der Waals surface area contributed by atoms with Crippen LogP contribution < -0.4 is 5.73 Å². The minimum atomic E-state index is 0.295. The highest BCUT2D eigenvalue weighted by atomic mass is 15.3. The maximum atomic E-state index is 6.16. The predicted molar refractivity (Wildman–Crippen MR) is 73.1 cm³/mol. The molecule has 100 valence electrons. The minimum absolute atomic E-state index is 0.295. The third kappa shape index (κ3) is 2.13. The van der Waals surface area contributed by atoms with Crippen LogP contribution in [0.15, 0.2) is 0 Å². The molecule has 0 aromatic carbocycles. The fourth-order valence-corrected chi connectivity index (χ4v) is 3.90. The molecule has 0 aromatic heterocycles. The number of hydrogen-bond donors (Lipinski definition) is 1. The lowest BCUT2D eigenvalue weighted by Gasteiger charge is -2.52.